The molecule has 4 heterocycles. The molecule has 5 rings (SSSR count). The molecule has 0 atom stereocenters. The molecular formula is C24H20N8O. The van der Waals surface area contributed by atoms with Gasteiger partial charge in [0.1, 0.15) is 17.3 Å². The van der Waals surface area contributed by atoms with E-state index in [0.29, 0.717) is 28.8 Å². The maximum absolute atomic E-state index is 6.25. The number of hydrogen-bond acceptors (Lipinski definition) is 8. The third kappa shape index (κ3) is 4.52. The van der Waals surface area contributed by atoms with Crippen molar-refractivity contribution in [1.29, 1.82) is 0 Å². The summed E-state index contributed by atoms with van der Waals surface area (Å²) in [6.07, 6.45) is 3.43. The summed E-state index contributed by atoms with van der Waals surface area (Å²) >= 11 is 0. The van der Waals surface area contributed by atoms with Crippen LogP contribution in [0.15, 0.2) is 73.1 Å². The molecule has 0 spiro atoms. The van der Waals surface area contributed by atoms with Crippen molar-refractivity contribution >= 4 is 11.5 Å². The molecule has 33 heavy (non-hydrogen) atoms. The summed E-state index contributed by atoms with van der Waals surface area (Å²) in [6.45, 7) is 3.98. The molecular weight excluding hydrogens is 416 g/mol. The smallest absolute Gasteiger partial charge is 0.179 e. The molecule has 9 heteroatoms. The van der Waals surface area contributed by atoms with Gasteiger partial charge in [-0.1, -0.05) is 18.2 Å². The van der Waals surface area contributed by atoms with Gasteiger partial charge in [-0.3, -0.25) is 4.98 Å². The number of aromatic amines is 1. The van der Waals surface area contributed by atoms with Crippen molar-refractivity contribution in [1.82, 2.24) is 35.6 Å². The van der Waals surface area contributed by atoms with Crippen molar-refractivity contribution in [2.45, 2.75) is 13.8 Å². The first-order chi connectivity index (χ1) is 16.2. The van der Waals surface area contributed by atoms with Crippen molar-refractivity contribution in [3.8, 4) is 34.3 Å². The predicted octanol–water partition coefficient (Wildman–Crippen LogP) is 4.87. The van der Waals surface area contributed by atoms with Gasteiger partial charge in [-0.15, -0.1) is 5.10 Å². The molecule has 0 aliphatic carbocycles. The van der Waals surface area contributed by atoms with Crippen LogP contribution in [0.2, 0.25) is 0 Å². The van der Waals surface area contributed by atoms with Crippen LogP contribution in [0, 0.1) is 13.8 Å². The van der Waals surface area contributed by atoms with Gasteiger partial charge in [0, 0.05) is 35.4 Å². The van der Waals surface area contributed by atoms with E-state index in [0.717, 1.165) is 28.2 Å². The van der Waals surface area contributed by atoms with Crippen LogP contribution in [0.3, 0.4) is 0 Å². The monoisotopic (exact) mass is 436 g/mol. The fourth-order valence-corrected chi connectivity index (χ4v) is 3.29. The Labute approximate surface area is 189 Å². The Balaban J connectivity index is 1.42. The van der Waals surface area contributed by atoms with Crippen LogP contribution in [-0.4, -0.2) is 35.6 Å². The van der Waals surface area contributed by atoms with Gasteiger partial charge in [-0.25, -0.2) is 15.1 Å². The molecule has 0 fully saturated rings. The fraction of sp³-hybridized carbons (Fsp3) is 0.0833. The van der Waals surface area contributed by atoms with Gasteiger partial charge in [-0.2, -0.15) is 0 Å². The number of tetrazole rings is 1. The van der Waals surface area contributed by atoms with Crippen LogP contribution in [0.4, 0.5) is 11.5 Å². The molecule has 9 nitrogen and oxygen atoms in total. The van der Waals surface area contributed by atoms with Crippen molar-refractivity contribution < 1.29 is 4.74 Å². The molecule has 0 saturated heterocycles. The zero-order valence-electron chi connectivity index (χ0n) is 18.0. The molecule has 0 aliphatic heterocycles. The lowest BCUT2D eigenvalue weighted by Crippen LogP contribution is -1.98. The number of nitrogens with zero attached hydrogens (tertiary/aromatic N) is 6. The third-order valence-electron chi connectivity index (χ3n) is 5.05. The highest BCUT2D eigenvalue weighted by Gasteiger charge is 2.13. The van der Waals surface area contributed by atoms with Gasteiger partial charge in [-0.05, 0) is 66.2 Å². The highest BCUT2D eigenvalue weighted by atomic mass is 16.5. The number of ether oxygens (including phenoxy) is 1. The number of hydrogen-bond donors (Lipinski definition) is 2. The number of nitrogens with one attached hydrogen (secondary N) is 2. The Morgan fingerprint density at radius 1 is 0.909 bits per heavy atom. The second-order valence-electron chi connectivity index (χ2n) is 7.39. The summed E-state index contributed by atoms with van der Waals surface area (Å²) in [7, 11) is 0. The van der Waals surface area contributed by atoms with Crippen molar-refractivity contribution in [3.63, 3.8) is 0 Å². The van der Waals surface area contributed by atoms with Crippen LogP contribution in [0.1, 0.15) is 11.3 Å². The average Bonchev–Trinajstić information content (AvgIpc) is 3.38. The summed E-state index contributed by atoms with van der Waals surface area (Å²) in [5.74, 6) is 2.49. The van der Waals surface area contributed by atoms with Crippen molar-refractivity contribution in [2.24, 2.45) is 0 Å². The van der Waals surface area contributed by atoms with E-state index in [-0.39, 0.29) is 0 Å². The maximum atomic E-state index is 6.25. The molecule has 5 aromatic rings. The first-order valence-electron chi connectivity index (χ1n) is 10.3. The van der Waals surface area contributed by atoms with E-state index < -0.39 is 0 Å². The minimum Gasteiger partial charge on any atom is -0.455 e. The van der Waals surface area contributed by atoms with E-state index >= 15 is 0 Å². The Bertz CT molecular complexity index is 1390. The maximum Gasteiger partial charge on any atom is 0.179 e. The zero-order valence-corrected chi connectivity index (χ0v) is 18.0. The topological polar surface area (TPSA) is 114 Å². The summed E-state index contributed by atoms with van der Waals surface area (Å²) < 4.78 is 6.25. The van der Waals surface area contributed by atoms with Crippen LogP contribution >= 0.6 is 0 Å². The number of aryl methyl sites for hydroxylation is 2. The Hall–Kier alpha value is -4.66. The SMILES string of the molecule is Cc1cc(Oc2ccnc(Nc3cccc(-c4nnn[nH]4)c3)c2)c(-c2ccccn2)nc1C. The lowest BCUT2D eigenvalue weighted by Gasteiger charge is -2.14. The first-order valence-corrected chi connectivity index (χ1v) is 10.3. The molecule has 0 amide bonds. The van der Waals surface area contributed by atoms with Crippen LogP contribution < -0.4 is 10.1 Å². The molecule has 0 unspecified atom stereocenters. The van der Waals surface area contributed by atoms with E-state index in [2.05, 4.69) is 35.9 Å². The van der Waals surface area contributed by atoms with Gasteiger partial charge in [0.2, 0.25) is 0 Å². The molecule has 4 aromatic heterocycles. The number of H-pyrrole nitrogens is 1. The number of pyridine rings is 3. The number of anilines is 2. The summed E-state index contributed by atoms with van der Waals surface area (Å²) in [4.78, 5) is 13.6. The van der Waals surface area contributed by atoms with E-state index in [1.165, 1.54) is 0 Å². The summed E-state index contributed by atoms with van der Waals surface area (Å²) in [5, 5.41) is 17.3. The fourth-order valence-electron chi connectivity index (χ4n) is 3.29. The Morgan fingerprint density at radius 3 is 2.67 bits per heavy atom. The molecule has 2 N–H and O–H groups in total. The first kappa shape index (κ1) is 20.3. The normalized spacial score (nSPS) is 10.7. The van der Waals surface area contributed by atoms with Gasteiger partial charge in [0.15, 0.2) is 11.6 Å². The average molecular weight is 436 g/mol. The van der Waals surface area contributed by atoms with Crippen LogP contribution in [0.5, 0.6) is 11.5 Å². The number of rotatable bonds is 6. The second-order valence-corrected chi connectivity index (χ2v) is 7.39. The van der Waals surface area contributed by atoms with Gasteiger partial charge >= 0.3 is 0 Å². The number of benzene rings is 1. The zero-order chi connectivity index (χ0) is 22.6. The van der Waals surface area contributed by atoms with Crippen LogP contribution in [0.25, 0.3) is 22.8 Å². The minimum absolute atomic E-state index is 0.591. The highest BCUT2D eigenvalue weighted by Crippen LogP contribution is 2.33. The van der Waals surface area contributed by atoms with Gasteiger partial charge < -0.3 is 10.1 Å². The van der Waals surface area contributed by atoms with E-state index in [9.17, 15) is 0 Å². The van der Waals surface area contributed by atoms with Crippen molar-refractivity contribution in [2.75, 3.05) is 5.32 Å². The van der Waals surface area contributed by atoms with E-state index in [1.54, 1.807) is 18.5 Å². The van der Waals surface area contributed by atoms with Gasteiger partial charge in [0.05, 0.1) is 5.69 Å². The van der Waals surface area contributed by atoms with E-state index in [4.69, 9.17) is 9.72 Å². The molecule has 0 bridgehead atoms. The van der Waals surface area contributed by atoms with Crippen molar-refractivity contribution in [3.05, 3.63) is 84.3 Å². The predicted molar refractivity (Wildman–Crippen MR) is 124 cm³/mol. The summed E-state index contributed by atoms with van der Waals surface area (Å²) in [6, 6.07) is 19.1. The highest BCUT2D eigenvalue weighted by molar-refractivity contribution is 5.67. The largest absolute Gasteiger partial charge is 0.455 e. The van der Waals surface area contributed by atoms with E-state index in [1.807, 2.05) is 68.4 Å². The second kappa shape index (κ2) is 8.83. The van der Waals surface area contributed by atoms with Gasteiger partial charge in [0.25, 0.3) is 0 Å². The molecule has 0 aliphatic rings. The number of aromatic nitrogens is 7. The quantitative estimate of drug-likeness (QED) is 0.387. The lowest BCUT2D eigenvalue weighted by molar-refractivity contribution is 0.481. The molecule has 1 aromatic carbocycles. The Kier molecular flexibility index (Phi) is 5.42. The Morgan fingerprint density at radius 2 is 1.85 bits per heavy atom. The molecule has 0 saturated carbocycles. The summed E-state index contributed by atoms with van der Waals surface area (Å²) in [5.41, 5.74) is 5.12. The minimum atomic E-state index is 0.591. The third-order valence-corrected chi connectivity index (χ3v) is 5.05. The standard InChI is InChI=1S/C24H20N8O/c1-15-12-21(23(27-16(15)2)20-8-3-4-10-25-20)33-19-9-11-26-22(14-19)28-18-7-5-6-17(13-18)24-29-31-32-30-24/h3-14H,1-2H3,(H,26,28)(H,29,30,31,32). The molecule has 0 radical (unpaired) electrons. The molecule has 162 valence electrons. The van der Waals surface area contributed by atoms with Crippen LogP contribution in [-0.2, 0) is 0 Å². The lowest BCUT2D eigenvalue weighted by atomic mass is 10.1.